The van der Waals surface area contributed by atoms with Crippen molar-refractivity contribution in [1.29, 1.82) is 0 Å². The molecule has 3 aromatic rings. The molecule has 7 nitrogen and oxygen atoms in total. The molecule has 136 valence electrons. The van der Waals surface area contributed by atoms with E-state index in [1.807, 2.05) is 48.5 Å². The summed E-state index contributed by atoms with van der Waals surface area (Å²) in [7, 11) is 0. The molecule has 1 aliphatic rings. The van der Waals surface area contributed by atoms with Crippen LogP contribution in [0.4, 0.5) is 5.82 Å². The molecule has 1 heterocycles. The number of aliphatic hydroxyl groups excluding tert-OH is 1. The number of carbonyl (C=O) groups is 2. The van der Waals surface area contributed by atoms with Crippen molar-refractivity contribution in [2.24, 2.45) is 0 Å². The van der Waals surface area contributed by atoms with Crippen LogP contribution in [0, 0.1) is 0 Å². The van der Waals surface area contributed by atoms with Gasteiger partial charge in [0.05, 0.1) is 12.5 Å². The first-order chi connectivity index (χ1) is 13.2. The zero-order valence-corrected chi connectivity index (χ0v) is 14.3. The fourth-order valence-electron chi connectivity index (χ4n) is 3.38. The van der Waals surface area contributed by atoms with E-state index in [-0.39, 0.29) is 11.7 Å². The van der Waals surface area contributed by atoms with Gasteiger partial charge in [-0.1, -0.05) is 53.7 Å². The van der Waals surface area contributed by atoms with Gasteiger partial charge in [0.1, 0.15) is 12.3 Å². The minimum atomic E-state index is -1.10. The quantitative estimate of drug-likeness (QED) is 0.642. The number of hydrogen-bond donors (Lipinski definition) is 3. The Morgan fingerprint density at radius 2 is 1.67 bits per heavy atom. The van der Waals surface area contributed by atoms with Gasteiger partial charge in [0, 0.05) is 6.07 Å². The van der Waals surface area contributed by atoms with Crippen LogP contribution >= 0.6 is 0 Å². The second-order valence-electron chi connectivity index (χ2n) is 6.23. The Morgan fingerprint density at radius 1 is 1.04 bits per heavy atom. The van der Waals surface area contributed by atoms with Crippen molar-refractivity contribution in [3.05, 3.63) is 72.0 Å². The number of hydrogen-bond acceptors (Lipinski definition) is 5. The van der Waals surface area contributed by atoms with Crippen LogP contribution < -0.4 is 10.6 Å². The van der Waals surface area contributed by atoms with Gasteiger partial charge in [-0.2, -0.15) is 0 Å². The minimum absolute atomic E-state index is 0.212. The minimum Gasteiger partial charge on any atom is -0.394 e. The number of amides is 2. The number of aliphatic hydroxyl groups is 1. The highest BCUT2D eigenvalue weighted by atomic mass is 16.5. The maximum absolute atomic E-state index is 13.0. The van der Waals surface area contributed by atoms with E-state index in [1.54, 1.807) is 0 Å². The molecule has 27 heavy (non-hydrogen) atoms. The Hall–Kier alpha value is -3.45. The van der Waals surface area contributed by atoms with Crippen LogP contribution in [0.15, 0.2) is 65.4 Å². The van der Waals surface area contributed by atoms with E-state index >= 15 is 0 Å². The molecule has 3 N–H and O–H groups in total. The molecule has 0 fully saturated rings. The molecule has 0 spiro atoms. The Kier molecular flexibility index (Phi) is 4.43. The van der Waals surface area contributed by atoms with Crippen LogP contribution in [-0.2, 0) is 9.59 Å². The molecule has 0 radical (unpaired) electrons. The maximum Gasteiger partial charge on any atom is 0.250 e. The van der Waals surface area contributed by atoms with Crippen molar-refractivity contribution in [1.82, 2.24) is 10.5 Å². The standard InChI is InChI=1S/C20H17N3O4/c24-11-16(19(25)22-17-9-10-27-23-17)21-20(26)18-14-7-3-1-5-12(14)13-6-2-4-8-15(13)18/h1-10,16,18,24H,11H2,(H,21,26)(H,22,23,25). The van der Waals surface area contributed by atoms with Crippen molar-refractivity contribution < 1.29 is 19.2 Å². The summed E-state index contributed by atoms with van der Waals surface area (Å²) in [6.45, 7) is -0.536. The Bertz CT molecular complexity index is 939. The lowest BCUT2D eigenvalue weighted by atomic mass is 9.95. The van der Waals surface area contributed by atoms with Gasteiger partial charge in [-0.3, -0.25) is 9.59 Å². The van der Waals surface area contributed by atoms with Gasteiger partial charge in [0.2, 0.25) is 5.91 Å². The van der Waals surface area contributed by atoms with Gasteiger partial charge in [0.15, 0.2) is 5.82 Å². The van der Waals surface area contributed by atoms with Crippen molar-refractivity contribution in [2.75, 3.05) is 11.9 Å². The van der Waals surface area contributed by atoms with Gasteiger partial charge in [-0.15, -0.1) is 0 Å². The molecule has 0 aliphatic heterocycles. The Balaban J connectivity index is 1.58. The second kappa shape index (κ2) is 7.05. The second-order valence-corrected chi connectivity index (χ2v) is 6.23. The zero-order valence-electron chi connectivity index (χ0n) is 14.3. The highest BCUT2D eigenvalue weighted by Crippen LogP contribution is 2.44. The van der Waals surface area contributed by atoms with Gasteiger partial charge in [-0.05, 0) is 22.3 Å². The molecule has 1 aromatic heterocycles. The van der Waals surface area contributed by atoms with Crippen molar-refractivity contribution >= 4 is 17.6 Å². The molecular formula is C20H17N3O4. The Labute approximate surface area is 155 Å². The normalized spacial score (nSPS) is 13.5. The van der Waals surface area contributed by atoms with Crippen LogP contribution in [0.3, 0.4) is 0 Å². The van der Waals surface area contributed by atoms with E-state index in [0.717, 1.165) is 22.3 Å². The Morgan fingerprint density at radius 3 is 2.22 bits per heavy atom. The first-order valence-corrected chi connectivity index (χ1v) is 8.49. The zero-order chi connectivity index (χ0) is 18.8. The molecule has 4 rings (SSSR count). The summed E-state index contributed by atoms with van der Waals surface area (Å²) in [6, 6.07) is 15.7. The molecule has 1 unspecified atom stereocenters. The molecule has 7 heteroatoms. The number of carbonyl (C=O) groups excluding carboxylic acids is 2. The summed E-state index contributed by atoms with van der Waals surface area (Å²) in [5.41, 5.74) is 3.76. The highest BCUT2D eigenvalue weighted by Gasteiger charge is 2.35. The summed E-state index contributed by atoms with van der Waals surface area (Å²) in [5.74, 6) is -1.24. The first kappa shape index (κ1) is 17.0. The van der Waals surface area contributed by atoms with Gasteiger partial charge in [-0.25, -0.2) is 0 Å². The molecule has 0 bridgehead atoms. The summed E-state index contributed by atoms with van der Waals surface area (Å²) in [5, 5.41) is 18.3. The summed E-state index contributed by atoms with van der Waals surface area (Å²) >= 11 is 0. The fourth-order valence-corrected chi connectivity index (χ4v) is 3.38. The van der Waals surface area contributed by atoms with Crippen LogP contribution in [0.25, 0.3) is 11.1 Å². The van der Waals surface area contributed by atoms with E-state index in [4.69, 9.17) is 0 Å². The predicted octanol–water partition coefficient (Wildman–Crippen LogP) is 1.90. The van der Waals surface area contributed by atoms with Crippen molar-refractivity contribution in [3.8, 4) is 11.1 Å². The molecule has 1 aliphatic carbocycles. The van der Waals surface area contributed by atoms with E-state index in [0.29, 0.717) is 0 Å². The monoisotopic (exact) mass is 363 g/mol. The predicted molar refractivity (Wildman–Crippen MR) is 97.9 cm³/mol. The lowest BCUT2D eigenvalue weighted by Gasteiger charge is -2.19. The van der Waals surface area contributed by atoms with Crippen LogP contribution in [0.5, 0.6) is 0 Å². The maximum atomic E-state index is 13.0. The van der Waals surface area contributed by atoms with Crippen LogP contribution in [0.1, 0.15) is 17.0 Å². The summed E-state index contributed by atoms with van der Waals surface area (Å²) in [4.78, 5) is 25.3. The van der Waals surface area contributed by atoms with Gasteiger partial charge in [0.25, 0.3) is 5.91 Å². The number of anilines is 1. The fraction of sp³-hybridized carbons (Fsp3) is 0.150. The van der Waals surface area contributed by atoms with E-state index in [9.17, 15) is 14.7 Å². The number of fused-ring (bicyclic) bond motifs is 3. The SMILES string of the molecule is O=C(Nc1ccon1)C(CO)NC(=O)C1c2ccccc2-c2ccccc21. The largest absolute Gasteiger partial charge is 0.394 e. The topological polar surface area (TPSA) is 104 Å². The van der Waals surface area contributed by atoms with Crippen molar-refractivity contribution in [3.63, 3.8) is 0 Å². The number of benzene rings is 2. The van der Waals surface area contributed by atoms with Crippen LogP contribution in [-0.4, -0.2) is 34.7 Å². The molecule has 2 aromatic carbocycles. The lowest BCUT2D eigenvalue weighted by Crippen LogP contribution is -2.47. The third kappa shape index (κ3) is 3.09. The average molecular weight is 363 g/mol. The number of rotatable bonds is 5. The third-order valence-corrected chi connectivity index (χ3v) is 4.60. The number of nitrogens with zero attached hydrogens (tertiary/aromatic N) is 1. The van der Waals surface area contributed by atoms with E-state index in [1.165, 1.54) is 12.3 Å². The summed E-state index contributed by atoms with van der Waals surface area (Å²) in [6.07, 6.45) is 1.31. The van der Waals surface area contributed by atoms with E-state index in [2.05, 4.69) is 20.3 Å². The molecule has 0 saturated heterocycles. The van der Waals surface area contributed by atoms with Crippen molar-refractivity contribution in [2.45, 2.75) is 12.0 Å². The summed E-state index contributed by atoms with van der Waals surface area (Å²) < 4.78 is 4.65. The number of aromatic nitrogens is 1. The molecular weight excluding hydrogens is 346 g/mol. The molecule has 2 amide bonds. The van der Waals surface area contributed by atoms with Crippen LogP contribution in [0.2, 0.25) is 0 Å². The molecule has 1 atom stereocenters. The lowest BCUT2D eigenvalue weighted by molar-refractivity contribution is -0.127. The van der Waals surface area contributed by atoms with Gasteiger partial charge >= 0.3 is 0 Å². The number of nitrogens with one attached hydrogen (secondary N) is 2. The van der Waals surface area contributed by atoms with Gasteiger partial charge < -0.3 is 20.3 Å². The highest BCUT2D eigenvalue weighted by molar-refractivity contribution is 6.00. The van der Waals surface area contributed by atoms with E-state index < -0.39 is 24.5 Å². The average Bonchev–Trinajstić information content (AvgIpc) is 3.31. The molecule has 0 saturated carbocycles. The smallest absolute Gasteiger partial charge is 0.250 e. The third-order valence-electron chi connectivity index (χ3n) is 4.60. The first-order valence-electron chi connectivity index (χ1n) is 8.49.